The fraction of sp³-hybridized carbons (Fsp3) is 0.562. The molecule has 2 rings (SSSR count). The van der Waals surface area contributed by atoms with Gasteiger partial charge in [-0.2, -0.15) is 5.26 Å². The Morgan fingerprint density at radius 1 is 1.50 bits per heavy atom. The van der Waals surface area contributed by atoms with Gasteiger partial charge in [-0.3, -0.25) is 0 Å². The minimum absolute atomic E-state index is 0.107. The largest absolute Gasteiger partial charge is 0.370 e. The lowest BCUT2D eigenvalue weighted by molar-refractivity contribution is -0.102. The zero-order valence-electron chi connectivity index (χ0n) is 12.0. The van der Waals surface area contributed by atoms with Gasteiger partial charge in [-0.15, -0.1) is 0 Å². The average Bonchev–Trinajstić information content (AvgIpc) is 2.41. The predicted octanol–water partition coefficient (Wildman–Crippen LogP) is 3.49. The van der Waals surface area contributed by atoms with Crippen molar-refractivity contribution in [3.8, 4) is 6.07 Å². The van der Waals surface area contributed by atoms with Crippen LogP contribution in [-0.4, -0.2) is 24.8 Å². The maximum absolute atomic E-state index is 9.37. The van der Waals surface area contributed by atoms with E-state index in [1.807, 2.05) is 24.3 Å². The Labute approximate surface area is 125 Å². The third-order valence-electron chi connectivity index (χ3n) is 3.81. The van der Waals surface area contributed by atoms with Crippen LogP contribution in [0.4, 0.5) is 0 Å². The molecule has 3 nitrogen and oxygen atoms in total. The van der Waals surface area contributed by atoms with Crippen molar-refractivity contribution in [1.82, 2.24) is 5.32 Å². The highest BCUT2D eigenvalue weighted by molar-refractivity contribution is 6.30. The van der Waals surface area contributed by atoms with E-state index in [0.717, 1.165) is 31.5 Å². The van der Waals surface area contributed by atoms with E-state index < -0.39 is 0 Å². The molecule has 1 aromatic rings. The molecule has 108 valence electrons. The molecular weight excluding hydrogens is 272 g/mol. The highest BCUT2D eigenvalue weighted by Crippen LogP contribution is 2.29. The maximum Gasteiger partial charge on any atom is 0.0783 e. The number of hydrogen-bond acceptors (Lipinski definition) is 3. The maximum atomic E-state index is 9.37. The molecule has 0 aromatic heterocycles. The van der Waals surface area contributed by atoms with Gasteiger partial charge >= 0.3 is 0 Å². The minimum atomic E-state index is -0.181. The van der Waals surface area contributed by atoms with Gasteiger partial charge in [0.2, 0.25) is 0 Å². The van der Waals surface area contributed by atoms with Crippen LogP contribution in [0.2, 0.25) is 5.02 Å². The number of ether oxygens (including phenoxy) is 1. The summed E-state index contributed by atoms with van der Waals surface area (Å²) in [6.45, 7) is 5.93. The number of nitrogens with one attached hydrogen (secondary N) is 1. The number of nitrogens with zero attached hydrogens (tertiary/aromatic N) is 1. The molecule has 0 spiro atoms. The highest BCUT2D eigenvalue weighted by atomic mass is 35.5. The van der Waals surface area contributed by atoms with Gasteiger partial charge in [0.15, 0.2) is 0 Å². The topological polar surface area (TPSA) is 45.0 Å². The van der Waals surface area contributed by atoms with Crippen molar-refractivity contribution in [2.24, 2.45) is 0 Å². The summed E-state index contributed by atoms with van der Waals surface area (Å²) in [4.78, 5) is 0. The molecule has 1 aliphatic rings. The van der Waals surface area contributed by atoms with Crippen LogP contribution in [0.1, 0.15) is 38.2 Å². The van der Waals surface area contributed by atoms with E-state index in [2.05, 4.69) is 25.2 Å². The summed E-state index contributed by atoms with van der Waals surface area (Å²) in [5.41, 5.74) is 0.844. The van der Waals surface area contributed by atoms with Crippen molar-refractivity contribution >= 4 is 11.6 Å². The Balaban J connectivity index is 1.97. The van der Waals surface area contributed by atoms with Crippen LogP contribution in [0.5, 0.6) is 0 Å². The summed E-state index contributed by atoms with van der Waals surface area (Å²) in [6.07, 6.45) is 1.89. The second-order valence-corrected chi connectivity index (χ2v) is 6.22. The van der Waals surface area contributed by atoms with Crippen molar-refractivity contribution in [1.29, 1.82) is 5.26 Å². The fourth-order valence-corrected chi connectivity index (χ4v) is 2.83. The highest BCUT2D eigenvalue weighted by Gasteiger charge is 2.31. The Morgan fingerprint density at radius 2 is 2.20 bits per heavy atom. The second kappa shape index (κ2) is 6.58. The summed E-state index contributed by atoms with van der Waals surface area (Å²) in [5, 5.41) is 13.5. The number of benzene rings is 1. The molecule has 1 fully saturated rings. The van der Waals surface area contributed by atoms with E-state index in [-0.39, 0.29) is 17.6 Å². The molecule has 3 unspecified atom stereocenters. The first-order valence-corrected chi connectivity index (χ1v) is 7.44. The van der Waals surface area contributed by atoms with Crippen LogP contribution >= 0.6 is 11.6 Å². The van der Waals surface area contributed by atoms with Crippen molar-refractivity contribution in [2.45, 2.75) is 44.3 Å². The number of morpholine rings is 1. The van der Waals surface area contributed by atoms with E-state index >= 15 is 0 Å². The summed E-state index contributed by atoms with van der Waals surface area (Å²) >= 11 is 5.89. The van der Waals surface area contributed by atoms with E-state index in [4.69, 9.17) is 16.3 Å². The summed E-state index contributed by atoms with van der Waals surface area (Å²) in [7, 11) is 0. The first-order valence-electron chi connectivity index (χ1n) is 7.06. The minimum Gasteiger partial charge on any atom is -0.370 e. The van der Waals surface area contributed by atoms with Gasteiger partial charge in [0.1, 0.15) is 0 Å². The van der Waals surface area contributed by atoms with Crippen LogP contribution < -0.4 is 5.32 Å². The van der Waals surface area contributed by atoms with Gasteiger partial charge in [0.05, 0.1) is 23.7 Å². The van der Waals surface area contributed by atoms with Crippen LogP contribution in [0.15, 0.2) is 24.3 Å². The summed E-state index contributed by atoms with van der Waals surface area (Å²) < 4.78 is 6.03. The SMILES string of the molecule is CC1CNCC(C)(CCC(C#N)c2ccc(Cl)cc2)O1. The second-order valence-electron chi connectivity index (χ2n) is 5.78. The molecule has 1 N–H and O–H groups in total. The van der Waals surface area contributed by atoms with Crippen molar-refractivity contribution in [3.05, 3.63) is 34.9 Å². The van der Waals surface area contributed by atoms with Crippen LogP contribution in [-0.2, 0) is 4.74 Å². The predicted molar refractivity (Wildman–Crippen MR) is 80.9 cm³/mol. The normalized spacial score (nSPS) is 27.8. The van der Waals surface area contributed by atoms with E-state index in [0.29, 0.717) is 5.02 Å². The summed E-state index contributed by atoms with van der Waals surface area (Å²) in [5.74, 6) is -0.107. The van der Waals surface area contributed by atoms with E-state index in [1.54, 1.807) is 0 Å². The van der Waals surface area contributed by atoms with Gasteiger partial charge in [-0.1, -0.05) is 23.7 Å². The molecule has 1 saturated heterocycles. The number of rotatable bonds is 4. The molecular formula is C16H21ClN2O. The van der Waals surface area contributed by atoms with Crippen LogP contribution in [0, 0.1) is 11.3 Å². The zero-order valence-corrected chi connectivity index (χ0v) is 12.8. The van der Waals surface area contributed by atoms with Gasteiger partial charge in [-0.25, -0.2) is 0 Å². The Bertz CT molecular complexity index is 482. The molecule has 1 heterocycles. The number of hydrogen-bond donors (Lipinski definition) is 1. The molecule has 1 aromatic carbocycles. The number of nitriles is 1. The smallest absolute Gasteiger partial charge is 0.0783 e. The molecule has 0 radical (unpaired) electrons. The third kappa shape index (κ3) is 3.96. The lowest BCUT2D eigenvalue weighted by atomic mass is 9.89. The van der Waals surface area contributed by atoms with Crippen molar-refractivity contribution in [3.63, 3.8) is 0 Å². The molecule has 0 saturated carbocycles. The zero-order chi connectivity index (χ0) is 14.6. The van der Waals surface area contributed by atoms with Crippen molar-refractivity contribution in [2.75, 3.05) is 13.1 Å². The monoisotopic (exact) mass is 292 g/mol. The molecule has 3 atom stereocenters. The lowest BCUT2D eigenvalue weighted by Crippen LogP contribution is -2.51. The first kappa shape index (κ1) is 15.3. The van der Waals surface area contributed by atoms with E-state index in [1.165, 1.54) is 0 Å². The molecule has 1 aliphatic heterocycles. The lowest BCUT2D eigenvalue weighted by Gasteiger charge is -2.38. The van der Waals surface area contributed by atoms with E-state index in [9.17, 15) is 5.26 Å². The molecule has 0 aliphatic carbocycles. The summed E-state index contributed by atoms with van der Waals surface area (Å²) in [6, 6.07) is 9.92. The quantitative estimate of drug-likeness (QED) is 0.924. The van der Waals surface area contributed by atoms with Crippen molar-refractivity contribution < 1.29 is 4.74 Å². The van der Waals surface area contributed by atoms with Gasteiger partial charge < -0.3 is 10.1 Å². The Morgan fingerprint density at radius 3 is 2.80 bits per heavy atom. The standard InChI is InChI=1S/C16H21ClN2O/c1-12-10-19-11-16(2,20-12)8-7-14(9-18)13-3-5-15(17)6-4-13/h3-6,12,14,19H,7-8,10-11H2,1-2H3. The molecule has 0 bridgehead atoms. The average molecular weight is 293 g/mol. The molecule has 4 heteroatoms. The Hall–Kier alpha value is -1.08. The fourth-order valence-electron chi connectivity index (χ4n) is 2.71. The van der Waals surface area contributed by atoms with Gasteiger partial charge in [0.25, 0.3) is 0 Å². The molecule has 0 amide bonds. The van der Waals surface area contributed by atoms with Crippen LogP contribution in [0.25, 0.3) is 0 Å². The third-order valence-corrected chi connectivity index (χ3v) is 4.06. The molecule has 20 heavy (non-hydrogen) atoms. The number of halogens is 1. The first-order chi connectivity index (χ1) is 9.52. The van der Waals surface area contributed by atoms with Gasteiger partial charge in [-0.05, 0) is 44.4 Å². The Kier molecular flexibility index (Phi) is 5.04. The van der Waals surface area contributed by atoms with Crippen LogP contribution in [0.3, 0.4) is 0 Å². The van der Waals surface area contributed by atoms with Gasteiger partial charge in [0, 0.05) is 18.1 Å².